The highest BCUT2D eigenvalue weighted by Crippen LogP contribution is 2.59. The molecular formula is C18H24O5S. The van der Waals surface area contributed by atoms with Crippen molar-refractivity contribution in [3.05, 3.63) is 35.4 Å². The van der Waals surface area contributed by atoms with Crippen LogP contribution in [0.1, 0.15) is 56.1 Å². The average molecular weight is 352 g/mol. The molecule has 1 aromatic carbocycles. The molecule has 4 atom stereocenters. The van der Waals surface area contributed by atoms with E-state index in [4.69, 9.17) is 17.5 Å². The van der Waals surface area contributed by atoms with Gasteiger partial charge in [0.1, 0.15) is 5.78 Å². The Morgan fingerprint density at radius 2 is 1.75 bits per heavy atom. The first-order valence-electron chi connectivity index (χ1n) is 8.51. The molecule has 24 heavy (non-hydrogen) atoms. The molecule has 2 N–H and O–H groups in total. The van der Waals surface area contributed by atoms with Gasteiger partial charge in [-0.2, -0.15) is 8.42 Å². The highest BCUT2D eigenvalue weighted by molar-refractivity contribution is 7.79. The van der Waals surface area contributed by atoms with Crippen LogP contribution in [0, 0.1) is 17.3 Å². The molecule has 132 valence electrons. The third-order valence-corrected chi connectivity index (χ3v) is 6.35. The van der Waals surface area contributed by atoms with Crippen LogP contribution in [0.2, 0.25) is 0 Å². The molecule has 0 heterocycles. The van der Waals surface area contributed by atoms with E-state index in [0.717, 1.165) is 31.1 Å². The van der Waals surface area contributed by atoms with Gasteiger partial charge in [0.15, 0.2) is 0 Å². The molecule has 0 aromatic heterocycles. The van der Waals surface area contributed by atoms with Crippen LogP contribution in [-0.2, 0) is 21.6 Å². The fourth-order valence-corrected chi connectivity index (χ4v) is 5.29. The Kier molecular flexibility index (Phi) is 4.57. The lowest BCUT2D eigenvalue weighted by molar-refractivity contribution is -0.129. The van der Waals surface area contributed by atoms with Crippen molar-refractivity contribution in [2.45, 2.75) is 51.4 Å². The summed E-state index contributed by atoms with van der Waals surface area (Å²) < 4.78 is 31.6. The van der Waals surface area contributed by atoms with Gasteiger partial charge in [0, 0.05) is 11.8 Å². The van der Waals surface area contributed by atoms with Crippen molar-refractivity contribution < 1.29 is 22.3 Å². The summed E-state index contributed by atoms with van der Waals surface area (Å²) >= 11 is 0. The minimum atomic E-state index is -4.67. The second-order valence-corrected chi connectivity index (χ2v) is 8.38. The Labute approximate surface area is 143 Å². The smallest absolute Gasteiger partial charge is 0.299 e. The van der Waals surface area contributed by atoms with Gasteiger partial charge in [-0.05, 0) is 61.0 Å². The van der Waals surface area contributed by atoms with Crippen LogP contribution in [-0.4, -0.2) is 23.3 Å². The number of hydrogen-bond acceptors (Lipinski definition) is 3. The van der Waals surface area contributed by atoms with E-state index in [1.54, 1.807) is 11.1 Å². The fourth-order valence-electron chi connectivity index (χ4n) is 5.29. The highest BCUT2D eigenvalue weighted by atomic mass is 32.3. The molecule has 0 aliphatic heterocycles. The molecule has 0 unspecified atom stereocenters. The lowest BCUT2D eigenvalue weighted by Gasteiger charge is -2.48. The summed E-state index contributed by atoms with van der Waals surface area (Å²) in [6.45, 7) is 2.25. The van der Waals surface area contributed by atoms with Gasteiger partial charge in [0.2, 0.25) is 0 Å². The quantitative estimate of drug-likeness (QED) is 0.698. The van der Waals surface area contributed by atoms with Gasteiger partial charge in [-0.1, -0.05) is 31.2 Å². The number of benzene rings is 1. The summed E-state index contributed by atoms with van der Waals surface area (Å²) in [4.78, 5) is 12.3. The molecule has 2 fully saturated rings. The molecule has 0 saturated heterocycles. The molecule has 6 heteroatoms. The maximum Gasteiger partial charge on any atom is 0.394 e. The van der Waals surface area contributed by atoms with E-state index in [0.29, 0.717) is 11.7 Å². The van der Waals surface area contributed by atoms with E-state index in [9.17, 15) is 4.79 Å². The van der Waals surface area contributed by atoms with Crippen molar-refractivity contribution in [2.24, 2.45) is 17.3 Å². The van der Waals surface area contributed by atoms with Gasteiger partial charge in [-0.25, -0.2) is 0 Å². The average Bonchev–Trinajstić information content (AvgIpc) is 2.81. The van der Waals surface area contributed by atoms with E-state index in [1.807, 2.05) is 0 Å². The van der Waals surface area contributed by atoms with Crippen molar-refractivity contribution in [3.63, 3.8) is 0 Å². The molecule has 0 amide bonds. The Morgan fingerprint density at radius 3 is 2.46 bits per heavy atom. The first-order chi connectivity index (χ1) is 11.2. The normalized spacial score (nSPS) is 34.5. The number of Topliss-reactive ketones (excluding diaryl/α,β-unsaturated/α-hetero) is 1. The minimum absolute atomic E-state index is 0.0213. The van der Waals surface area contributed by atoms with Gasteiger partial charge >= 0.3 is 10.4 Å². The number of carbonyl (C=O) groups excluding carboxylic acids is 1. The lowest BCUT2D eigenvalue weighted by Crippen LogP contribution is -2.42. The van der Waals surface area contributed by atoms with Crippen molar-refractivity contribution in [2.75, 3.05) is 0 Å². The highest BCUT2D eigenvalue weighted by Gasteiger charge is 2.54. The Hall–Kier alpha value is -1.24. The van der Waals surface area contributed by atoms with E-state index in [-0.39, 0.29) is 5.41 Å². The first kappa shape index (κ1) is 17.6. The molecule has 0 spiro atoms. The summed E-state index contributed by atoms with van der Waals surface area (Å²) in [5.41, 5.74) is 3.19. The zero-order valence-corrected chi connectivity index (χ0v) is 14.6. The third kappa shape index (κ3) is 3.27. The number of ketones is 1. The molecule has 2 saturated carbocycles. The van der Waals surface area contributed by atoms with Crippen LogP contribution in [0.25, 0.3) is 0 Å². The standard InChI is InChI=1S/C18H22O.H2O4S/c1-18-11-10-14-13-5-3-2-4-12(13)6-7-15(14)16(18)8-9-17(18)19;1-5(2,3)4/h2-5,14-16H,6-11H2,1H3;(H2,1,2,3,4)/t14-,15-,16+,18+;/m1./s1. The summed E-state index contributed by atoms with van der Waals surface area (Å²) in [6.07, 6.45) is 6.85. The van der Waals surface area contributed by atoms with Gasteiger partial charge < -0.3 is 0 Å². The number of rotatable bonds is 0. The lowest BCUT2D eigenvalue weighted by atomic mass is 9.55. The zero-order chi connectivity index (χ0) is 17.5. The van der Waals surface area contributed by atoms with Gasteiger partial charge in [0.25, 0.3) is 0 Å². The van der Waals surface area contributed by atoms with E-state index in [1.165, 1.54) is 19.3 Å². The number of fused-ring (bicyclic) bond motifs is 5. The molecule has 1 aromatic rings. The topological polar surface area (TPSA) is 91.7 Å². The fraction of sp³-hybridized carbons (Fsp3) is 0.611. The second-order valence-electron chi connectivity index (χ2n) is 7.48. The molecule has 3 aliphatic carbocycles. The summed E-state index contributed by atoms with van der Waals surface area (Å²) in [6, 6.07) is 9.00. The molecule has 0 bridgehead atoms. The van der Waals surface area contributed by atoms with Crippen LogP contribution < -0.4 is 0 Å². The molecule has 4 rings (SSSR count). The van der Waals surface area contributed by atoms with Crippen molar-refractivity contribution >= 4 is 16.2 Å². The molecule has 5 nitrogen and oxygen atoms in total. The third-order valence-electron chi connectivity index (χ3n) is 6.35. The van der Waals surface area contributed by atoms with E-state index >= 15 is 0 Å². The largest absolute Gasteiger partial charge is 0.394 e. The van der Waals surface area contributed by atoms with Crippen molar-refractivity contribution in [3.8, 4) is 0 Å². The van der Waals surface area contributed by atoms with Crippen LogP contribution >= 0.6 is 0 Å². The summed E-state index contributed by atoms with van der Waals surface area (Å²) in [7, 11) is -4.67. The maximum absolute atomic E-state index is 12.3. The van der Waals surface area contributed by atoms with Crippen LogP contribution in [0.4, 0.5) is 0 Å². The first-order valence-corrected chi connectivity index (χ1v) is 9.91. The number of hydrogen-bond donors (Lipinski definition) is 2. The SMILES string of the molecule is C[C@]12CC[C@@H]3c4ccccc4CC[C@H]3[C@@H]1CCC2=O.O=S(=O)(O)O. The van der Waals surface area contributed by atoms with Gasteiger partial charge in [-0.15, -0.1) is 0 Å². The Balaban J connectivity index is 0.000000300. The Bertz CT molecular complexity index is 734. The monoisotopic (exact) mass is 352 g/mol. The second kappa shape index (κ2) is 6.24. The van der Waals surface area contributed by atoms with Crippen LogP contribution in [0.3, 0.4) is 0 Å². The predicted octanol–water partition coefficient (Wildman–Crippen LogP) is 3.46. The molecule has 3 aliphatic rings. The van der Waals surface area contributed by atoms with Gasteiger partial charge in [0.05, 0.1) is 0 Å². The Morgan fingerprint density at radius 1 is 1.08 bits per heavy atom. The van der Waals surface area contributed by atoms with Crippen molar-refractivity contribution in [1.29, 1.82) is 0 Å². The zero-order valence-electron chi connectivity index (χ0n) is 13.8. The maximum atomic E-state index is 12.3. The summed E-state index contributed by atoms with van der Waals surface area (Å²) in [5, 5.41) is 0. The van der Waals surface area contributed by atoms with E-state index in [2.05, 4.69) is 31.2 Å². The van der Waals surface area contributed by atoms with Crippen molar-refractivity contribution in [1.82, 2.24) is 0 Å². The predicted molar refractivity (Wildman–Crippen MR) is 90.2 cm³/mol. The number of carbonyl (C=O) groups is 1. The van der Waals surface area contributed by atoms with Gasteiger partial charge in [-0.3, -0.25) is 13.9 Å². The molecule has 0 radical (unpaired) electrons. The number of aryl methyl sites for hydroxylation is 1. The van der Waals surface area contributed by atoms with E-state index < -0.39 is 10.4 Å². The molecular weight excluding hydrogens is 328 g/mol. The summed E-state index contributed by atoms with van der Waals surface area (Å²) in [5.74, 6) is 2.70. The van der Waals surface area contributed by atoms with Crippen LogP contribution in [0.5, 0.6) is 0 Å². The minimum Gasteiger partial charge on any atom is -0.299 e. The van der Waals surface area contributed by atoms with Crippen LogP contribution in [0.15, 0.2) is 24.3 Å².